The van der Waals surface area contributed by atoms with Gasteiger partial charge in [-0.2, -0.15) is 13.6 Å². The second-order valence-electron chi connectivity index (χ2n) is 7.36. The van der Waals surface area contributed by atoms with E-state index in [0.717, 1.165) is 6.92 Å². The predicted molar refractivity (Wildman–Crippen MR) is 120 cm³/mol. The Morgan fingerprint density at radius 1 is 1.28 bits per heavy atom. The Morgan fingerprint density at radius 2 is 1.92 bits per heavy atom. The first-order valence-corrected chi connectivity index (χ1v) is 14.2. The Balaban J connectivity index is 1.92. The van der Waals surface area contributed by atoms with Crippen molar-refractivity contribution in [2.24, 2.45) is 5.73 Å². The number of hydrogen-bond acceptors (Lipinski definition) is 12. The van der Waals surface area contributed by atoms with E-state index in [-0.39, 0.29) is 17.0 Å². The van der Waals surface area contributed by atoms with Crippen molar-refractivity contribution in [3.8, 4) is 11.3 Å². The van der Waals surface area contributed by atoms with Gasteiger partial charge in [-0.25, -0.2) is 13.7 Å². The summed E-state index contributed by atoms with van der Waals surface area (Å²) in [6.45, 7) is 1.07. The number of aliphatic hydroxyl groups excluding tert-OH is 1. The molecule has 0 bridgehead atoms. The van der Waals surface area contributed by atoms with E-state index in [4.69, 9.17) is 42.1 Å². The molecule has 0 saturated carbocycles. The lowest BCUT2D eigenvalue weighted by Crippen LogP contribution is -2.54. The molecule has 0 amide bonds. The molecule has 10 N–H and O–H groups in total. The molecular weight excluding hydrogens is 575 g/mol. The van der Waals surface area contributed by atoms with Gasteiger partial charge in [0.25, 0.3) is 5.56 Å². The Bertz CT molecular complexity index is 1430. The number of H-pyrrole nitrogens is 1. The number of aromatic nitrogens is 3. The van der Waals surface area contributed by atoms with Crippen molar-refractivity contribution < 1.29 is 56.3 Å². The van der Waals surface area contributed by atoms with E-state index in [2.05, 4.69) is 24.5 Å². The van der Waals surface area contributed by atoms with Gasteiger partial charge in [-0.1, -0.05) is 5.92 Å². The smallest absolute Gasteiger partial charge is 0.387 e. The molecule has 0 aliphatic carbocycles. The highest BCUT2D eigenvalue weighted by Gasteiger charge is 2.57. The second-order valence-corrected chi connectivity index (χ2v) is 11.9. The number of rotatable bonds is 8. The van der Waals surface area contributed by atoms with Crippen molar-refractivity contribution in [1.82, 2.24) is 14.5 Å². The van der Waals surface area contributed by atoms with E-state index in [1.54, 1.807) is 0 Å². The fraction of sp³-hybridized carbons (Fsp3) is 0.429. The van der Waals surface area contributed by atoms with Gasteiger partial charge in [-0.05, 0) is 24.6 Å². The highest BCUT2D eigenvalue weighted by Crippen LogP contribution is 2.66. The number of anilines is 1. The average molecular weight is 594 g/mol. The number of aliphatic hydroxyl groups is 1. The number of nitrogens with zero attached hydrogens (tertiary/aromatic N) is 2. The second kappa shape index (κ2) is 9.91. The minimum Gasteiger partial charge on any atom is -0.387 e. The molecule has 0 spiro atoms. The van der Waals surface area contributed by atoms with Crippen LogP contribution in [0.15, 0.2) is 17.1 Å². The van der Waals surface area contributed by atoms with Gasteiger partial charge in [0.15, 0.2) is 17.4 Å². The number of ether oxygens (including phenoxy) is 1. The molecule has 0 aromatic carbocycles. The molecule has 1 saturated heterocycles. The van der Waals surface area contributed by atoms with Crippen LogP contribution in [0, 0.1) is 11.3 Å². The predicted octanol–water partition coefficient (Wildman–Crippen LogP) is -0.806. The first-order valence-electron chi connectivity index (χ1n) is 9.33. The maximum Gasteiger partial charge on any atom is 0.490 e. The Kier molecular flexibility index (Phi) is 7.97. The maximum atomic E-state index is 12.2. The molecule has 3 unspecified atom stereocenters. The normalized spacial score (nSPS) is 28.7. The number of nitrogen functional groups attached to an aromatic ring is 1. The fourth-order valence-corrected chi connectivity index (χ4v) is 6.82. The van der Waals surface area contributed by atoms with Crippen LogP contribution in [-0.4, -0.2) is 63.1 Å². The van der Waals surface area contributed by atoms with Gasteiger partial charge in [-0.15, -0.1) is 0 Å². The largest absolute Gasteiger partial charge is 0.490 e. The summed E-state index contributed by atoms with van der Waals surface area (Å²) in [5.41, 5.74) is 9.20. The summed E-state index contributed by atoms with van der Waals surface area (Å²) < 4.78 is 53.5. The molecule has 18 nitrogen and oxygen atoms in total. The molecule has 0 radical (unpaired) electrons. The van der Waals surface area contributed by atoms with Crippen molar-refractivity contribution in [2.45, 2.75) is 37.0 Å². The molecule has 1 aliphatic heterocycles. The lowest BCUT2D eigenvalue weighted by atomic mass is 9.90. The average Bonchev–Trinajstić information content (AvgIpc) is 3.18. The molecule has 2 aromatic rings. The van der Waals surface area contributed by atoms with Gasteiger partial charge >= 0.3 is 23.5 Å². The lowest BCUT2D eigenvalue weighted by Gasteiger charge is -2.28. The summed E-state index contributed by atoms with van der Waals surface area (Å²) in [7, 11) is -17.0. The third kappa shape index (κ3) is 6.08. The molecule has 3 heterocycles. The van der Waals surface area contributed by atoms with E-state index in [1.165, 1.54) is 16.8 Å². The van der Waals surface area contributed by atoms with Crippen molar-refractivity contribution >= 4 is 52.1 Å². The molecule has 22 heteroatoms. The van der Waals surface area contributed by atoms with Gasteiger partial charge in [0.05, 0.1) is 11.5 Å². The maximum absolute atomic E-state index is 12.2. The zero-order chi connectivity index (χ0) is 27.3. The number of nitrogens with one attached hydrogen (secondary N) is 1. The van der Waals surface area contributed by atoms with Crippen LogP contribution in [0.3, 0.4) is 0 Å². The van der Waals surface area contributed by atoms with Crippen LogP contribution >= 0.6 is 35.1 Å². The number of phosphoric ester groups is 1. The topological polar surface area (TPSA) is 292 Å². The molecule has 3 rings (SSSR count). The first kappa shape index (κ1) is 28.9. The highest BCUT2D eigenvalue weighted by molar-refractivity contribution is 7.66. The molecular formula is C14H19ClN5O13P3. The minimum absolute atomic E-state index is 0.0270. The van der Waals surface area contributed by atoms with E-state index in [1.807, 2.05) is 5.38 Å². The van der Waals surface area contributed by atoms with Crippen molar-refractivity contribution in [3.05, 3.63) is 22.6 Å². The number of nitrogens with two attached hydrogens (primary N) is 2. The minimum atomic E-state index is -5.79. The highest BCUT2D eigenvalue weighted by atomic mass is 35.5. The number of fused-ring (bicyclic) bond motifs is 1. The van der Waals surface area contributed by atoms with Crippen LogP contribution in [0.5, 0.6) is 0 Å². The van der Waals surface area contributed by atoms with Crippen molar-refractivity contribution in [2.75, 3.05) is 5.73 Å². The van der Waals surface area contributed by atoms with Crippen LogP contribution in [0.25, 0.3) is 11.0 Å². The van der Waals surface area contributed by atoms with E-state index >= 15 is 0 Å². The third-order valence-electron chi connectivity index (χ3n) is 4.79. The third-order valence-corrected chi connectivity index (χ3v) is 8.81. The lowest BCUT2D eigenvalue weighted by molar-refractivity contribution is -0.0732. The fourth-order valence-electron chi connectivity index (χ4n) is 3.45. The molecule has 7 atom stereocenters. The Labute approximate surface area is 205 Å². The van der Waals surface area contributed by atoms with Crippen molar-refractivity contribution in [3.63, 3.8) is 0 Å². The zero-order valence-electron chi connectivity index (χ0n) is 17.7. The van der Waals surface area contributed by atoms with E-state index in [9.17, 15) is 33.4 Å². The summed E-state index contributed by atoms with van der Waals surface area (Å²) >= 11 is 5.51. The first-order chi connectivity index (χ1) is 16.4. The summed E-state index contributed by atoms with van der Waals surface area (Å²) in [6, 6.07) is 1.34. The number of halogens is 1. The van der Waals surface area contributed by atoms with Gasteiger partial charge in [-0.3, -0.25) is 14.3 Å². The summed E-state index contributed by atoms with van der Waals surface area (Å²) in [4.78, 5) is 54.8. The van der Waals surface area contributed by atoms with E-state index < -0.39 is 59.1 Å². The van der Waals surface area contributed by atoms with Crippen molar-refractivity contribution in [1.29, 1.82) is 0 Å². The van der Waals surface area contributed by atoms with Crippen LogP contribution in [0.4, 0.5) is 5.95 Å². The molecule has 1 aliphatic rings. The van der Waals surface area contributed by atoms with E-state index in [0.29, 0.717) is 0 Å². The summed E-state index contributed by atoms with van der Waals surface area (Å²) in [5.74, 6) is 2.10. The summed E-state index contributed by atoms with van der Waals surface area (Å²) in [5, 5.41) is 12.9. The van der Waals surface area contributed by atoms with Gasteiger partial charge in [0.1, 0.15) is 12.2 Å². The Hall–Kier alpha value is -1.64. The van der Waals surface area contributed by atoms with Crippen LogP contribution in [-0.2, 0) is 31.6 Å². The monoisotopic (exact) mass is 593 g/mol. The van der Waals surface area contributed by atoms with Gasteiger partial charge in [0.2, 0.25) is 5.95 Å². The van der Waals surface area contributed by atoms with Gasteiger partial charge in [0, 0.05) is 11.6 Å². The quantitative estimate of drug-likeness (QED) is 0.137. The standard InChI is InChI=1S/C14H19ClN5O13P3/c1-6(31-35(26,27)33-36(28,29)32-34(23,24)25)8-9(21)14(17,3-4-15)12(30-8)20-5-2-7-10(20)18-13(16)19-11(7)22/h2,5-6,8-9,12,21H,17H2,1H3,(H,26,27)(H,28,29)(H2,23,24,25)(H3,16,18,19,22)/t6-,8-,9+,12-,14?/m1/s1. The SMILES string of the molecule is C[C@@H](OP(=O)(O)OP(=O)(O)OP(=O)(O)O)[C@H]1O[C@@H](n2ccc3c(=O)[nH]c(N)nc32)C(N)(C#CCl)[C@H]1O. The molecule has 1 fully saturated rings. The van der Waals surface area contributed by atoms with Crippen LogP contribution in [0.2, 0.25) is 0 Å². The zero-order valence-corrected chi connectivity index (χ0v) is 21.2. The number of phosphoric acid groups is 3. The van der Waals surface area contributed by atoms with Crippen LogP contribution < -0.4 is 17.0 Å². The summed E-state index contributed by atoms with van der Waals surface area (Å²) in [6.07, 6.45) is -5.19. The van der Waals surface area contributed by atoms with Crippen LogP contribution in [0.1, 0.15) is 13.2 Å². The Morgan fingerprint density at radius 3 is 2.50 bits per heavy atom. The number of hydrogen-bond donors (Lipinski definition) is 8. The molecule has 200 valence electrons. The van der Waals surface area contributed by atoms with Gasteiger partial charge < -0.3 is 45.5 Å². The molecule has 36 heavy (non-hydrogen) atoms. The molecule has 2 aromatic heterocycles. The number of aromatic amines is 1.